The molecule has 0 saturated heterocycles. The number of nitrogens with one attached hydrogen (secondary N) is 1. The SMILES string of the molecule is COc1cc(F)ccc1-c1cc(Nc2cc(C=S(C)(N)=O)cc(F)n2)ncc1F. The lowest BCUT2D eigenvalue weighted by molar-refractivity contribution is 0.412. The fraction of sp³-hybridized carbons (Fsp3) is 0.105. The molecule has 0 aliphatic rings. The van der Waals surface area contributed by atoms with Gasteiger partial charge in [0.2, 0.25) is 5.95 Å². The van der Waals surface area contributed by atoms with Crippen molar-refractivity contribution in [3.05, 3.63) is 65.7 Å². The maximum atomic E-state index is 14.4. The molecule has 0 fully saturated rings. The number of ether oxygens (including phenoxy) is 1. The molecule has 3 aromatic rings. The van der Waals surface area contributed by atoms with E-state index in [1.165, 1.54) is 43.0 Å². The standard InChI is InChI=1S/C19H17F3N4O2S/c1-28-16-7-12(20)3-4-13(16)14-8-18(24-9-15(14)21)26-19-6-11(5-17(22)25-19)10-29(2,23)27/h3-10H,1-2H3,(H2,23,27)(H,24,25,26). The predicted molar refractivity (Wildman–Crippen MR) is 107 cm³/mol. The molecule has 2 aromatic heterocycles. The van der Waals surface area contributed by atoms with Crippen LogP contribution in [0.2, 0.25) is 0 Å². The van der Waals surface area contributed by atoms with Crippen LogP contribution in [0.5, 0.6) is 5.75 Å². The summed E-state index contributed by atoms with van der Waals surface area (Å²) in [6.45, 7) is 0. The third-order valence-electron chi connectivity index (χ3n) is 3.75. The van der Waals surface area contributed by atoms with Crippen LogP contribution in [0.1, 0.15) is 5.56 Å². The second-order valence-corrected chi connectivity index (χ2v) is 8.38. The van der Waals surface area contributed by atoms with Crippen molar-refractivity contribution in [2.24, 2.45) is 5.14 Å². The van der Waals surface area contributed by atoms with Crippen LogP contribution in [0.3, 0.4) is 0 Å². The van der Waals surface area contributed by atoms with E-state index in [0.717, 1.165) is 18.3 Å². The minimum Gasteiger partial charge on any atom is -0.496 e. The van der Waals surface area contributed by atoms with Gasteiger partial charge in [0.25, 0.3) is 0 Å². The minimum absolute atomic E-state index is 0.0519. The Labute approximate surface area is 165 Å². The number of hydrogen-bond donors (Lipinski definition) is 2. The van der Waals surface area contributed by atoms with Crippen molar-refractivity contribution in [2.75, 3.05) is 18.7 Å². The molecule has 0 aliphatic heterocycles. The second-order valence-electron chi connectivity index (χ2n) is 6.21. The molecule has 152 valence electrons. The zero-order valence-electron chi connectivity index (χ0n) is 15.4. The summed E-state index contributed by atoms with van der Waals surface area (Å²) in [5.74, 6) is -1.66. The number of anilines is 2. The maximum Gasteiger partial charge on any atom is 0.215 e. The fourth-order valence-corrected chi connectivity index (χ4v) is 3.33. The van der Waals surface area contributed by atoms with E-state index in [1.54, 1.807) is 0 Å². The number of methoxy groups -OCH3 is 1. The molecule has 0 saturated carbocycles. The highest BCUT2D eigenvalue weighted by molar-refractivity contribution is 7.98. The molecule has 0 radical (unpaired) electrons. The quantitative estimate of drug-likeness (QED) is 0.487. The summed E-state index contributed by atoms with van der Waals surface area (Å²) in [5, 5.41) is 9.45. The molecule has 1 aromatic carbocycles. The number of hydrogen-bond acceptors (Lipinski definition) is 5. The number of halogens is 3. The van der Waals surface area contributed by atoms with Gasteiger partial charge in [-0.1, -0.05) is 0 Å². The Hall–Kier alpha value is -3.11. The van der Waals surface area contributed by atoms with Gasteiger partial charge in [-0.05, 0) is 29.8 Å². The Morgan fingerprint density at radius 1 is 1.10 bits per heavy atom. The molecule has 0 amide bonds. The second kappa shape index (κ2) is 8.10. The van der Waals surface area contributed by atoms with Gasteiger partial charge in [-0.2, -0.15) is 4.39 Å². The number of nitrogens with zero attached hydrogens (tertiary/aromatic N) is 2. The first kappa shape index (κ1) is 20.6. The van der Waals surface area contributed by atoms with E-state index >= 15 is 0 Å². The first-order valence-corrected chi connectivity index (χ1v) is 10.3. The minimum atomic E-state index is -2.75. The van der Waals surface area contributed by atoms with Crippen LogP contribution in [0.4, 0.5) is 24.8 Å². The van der Waals surface area contributed by atoms with E-state index in [0.29, 0.717) is 5.56 Å². The van der Waals surface area contributed by atoms with Gasteiger partial charge in [-0.3, -0.25) is 9.35 Å². The van der Waals surface area contributed by atoms with Gasteiger partial charge in [0.1, 0.15) is 29.0 Å². The maximum absolute atomic E-state index is 14.4. The van der Waals surface area contributed by atoms with Crippen molar-refractivity contribution in [1.82, 2.24) is 9.97 Å². The van der Waals surface area contributed by atoms with E-state index in [1.807, 2.05) is 0 Å². The highest BCUT2D eigenvalue weighted by atomic mass is 32.2. The van der Waals surface area contributed by atoms with Gasteiger partial charge in [0, 0.05) is 44.6 Å². The Bertz CT molecular complexity index is 1190. The van der Waals surface area contributed by atoms with Gasteiger partial charge in [0.05, 0.1) is 13.3 Å². The van der Waals surface area contributed by atoms with Crippen molar-refractivity contribution in [3.63, 3.8) is 0 Å². The predicted octanol–water partition coefficient (Wildman–Crippen LogP) is 3.25. The van der Waals surface area contributed by atoms with Crippen LogP contribution >= 0.6 is 0 Å². The van der Waals surface area contributed by atoms with E-state index in [9.17, 15) is 17.4 Å². The number of pyridine rings is 2. The molecular weight excluding hydrogens is 405 g/mol. The van der Waals surface area contributed by atoms with Crippen LogP contribution in [0.15, 0.2) is 42.6 Å². The van der Waals surface area contributed by atoms with Crippen LogP contribution in [0.25, 0.3) is 11.1 Å². The molecule has 6 nitrogen and oxygen atoms in total. The Morgan fingerprint density at radius 3 is 2.55 bits per heavy atom. The van der Waals surface area contributed by atoms with Gasteiger partial charge in [0.15, 0.2) is 0 Å². The molecule has 10 heteroatoms. The van der Waals surface area contributed by atoms with Crippen LogP contribution in [-0.2, 0) is 9.71 Å². The first-order chi connectivity index (χ1) is 13.6. The van der Waals surface area contributed by atoms with Crippen molar-refractivity contribution >= 4 is 26.7 Å². The summed E-state index contributed by atoms with van der Waals surface area (Å²) in [7, 11) is -1.41. The van der Waals surface area contributed by atoms with E-state index < -0.39 is 27.3 Å². The summed E-state index contributed by atoms with van der Waals surface area (Å²) in [4.78, 5) is 7.60. The molecular formula is C19H17F3N4O2S. The zero-order valence-corrected chi connectivity index (χ0v) is 16.3. The van der Waals surface area contributed by atoms with Gasteiger partial charge < -0.3 is 10.1 Å². The molecule has 3 rings (SSSR count). The lowest BCUT2D eigenvalue weighted by atomic mass is 10.0. The summed E-state index contributed by atoms with van der Waals surface area (Å²) < 4.78 is 58.5. The van der Waals surface area contributed by atoms with Crippen LogP contribution < -0.4 is 15.2 Å². The Kier molecular flexibility index (Phi) is 5.76. The molecule has 0 bridgehead atoms. The van der Waals surface area contributed by atoms with Crippen molar-refractivity contribution in [3.8, 4) is 16.9 Å². The molecule has 0 spiro atoms. The van der Waals surface area contributed by atoms with E-state index in [2.05, 4.69) is 15.3 Å². The highest BCUT2D eigenvalue weighted by Gasteiger charge is 2.14. The average molecular weight is 422 g/mol. The number of aromatic nitrogens is 2. The summed E-state index contributed by atoms with van der Waals surface area (Å²) in [6, 6.07) is 7.54. The summed E-state index contributed by atoms with van der Waals surface area (Å²) in [6.07, 6.45) is 2.27. The third kappa shape index (κ3) is 5.24. The van der Waals surface area contributed by atoms with Crippen molar-refractivity contribution in [1.29, 1.82) is 0 Å². The zero-order chi connectivity index (χ0) is 21.2. The fourth-order valence-electron chi connectivity index (χ4n) is 2.65. The number of nitrogens with two attached hydrogens (primary N) is 1. The summed E-state index contributed by atoms with van der Waals surface area (Å²) in [5.41, 5.74) is 0.672. The Morgan fingerprint density at radius 2 is 1.86 bits per heavy atom. The largest absolute Gasteiger partial charge is 0.496 e. The molecule has 0 aliphatic carbocycles. The lowest BCUT2D eigenvalue weighted by Gasteiger charge is -2.12. The van der Waals surface area contributed by atoms with Crippen LogP contribution in [-0.4, -0.2) is 32.9 Å². The molecule has 29 heavy (non-hydrogen) atoms. The number of benzene rings is 1. The highest BCUT2D eigenvalue weighted by Crippen LogP contribution is 2.33. The third-order valence-corrected chi connectivity index (χ3v) is 4.49. The first-order valence-electron chi connectivity index (χ1n) is 8.20. The van der Waals surface area contributed by atoms with E-state index in [-0.39, 0.29) is 28.5 Å². The number of rotatable bonds is 5. The molecule has 2 heterocycles. The van der Waals surface area contributed by atoms with Crippen LogP contribution in [0, 0.1) is 17.6 Å². The molecule has 1 unspecified atom stereocenters. The monoisotopic (exact) mass is 422 g/mol. The Balaban J connectivity index is 2.01. The van der Waals surface area contributed by atoms with Gasteiger partial charge in [-0.15, -0.1) is 0 Å². The van der Waals surface area contributed by atoms with Gasteiger partial charge >= 0.3 is 0 Å². The topological polar surface area (TPSA) is 90.1 Å². The average Bonchev–Trinajstić information content (AvgIpc) is 2.61. The summed E-state index contributed by atoms with van der Waals surface area (Å²) >= 11 is 0. The molecule has 1 atom stereocenters. The van der Waals surface area contributed by atoms with Crippen molar-refractivity contribution in [2.45, 2.75) is 0 Å². The van der Waals surface area contributed by atoms with Crippen molar-refractivity contribution < 1.29 is 22.1 Å². The lowest BCUT2D eigenvalue weighted by Crippen LogP contribution is -2.13. The smallest absolute Gasteiger partial charge is 0.215 e. The normalized spacial score (nSPS) is 12.9. The van der Waals surface area contributed by atoms with Gasteiger partial charge in [-0.25, -0.2) is 18.7 Å². The molecule has 3 N–H and O–H groups in total. The van der Waals surface area contributed by atoms with E-state index in [4.69, 9.17) is 9.88 Å².